The van der Waals surface area contributed by atoms with E-state index in [1.165, 1.54) is 0 Å². The highest BCUT2D eigenvalue weighted by molar-refractivity contribution is 6.07. The van der Waals surface area contributed by atoms with Crippen LogP contribution in [0.15, 0.2) is 42.6 Å². The minimum Gasteiger partial charge on any atom is -0.372 e. The van der Waals surface area contributed by atoms with Crippen molar-refractivity contribution in [3.8, 4) is 6.07 Å². The predicted molar refractivity (Wildman–Crippen MR) is 72.9 cm³/mol. The number of amides is 1. The number of aromatic nitrogens is 1. The second-order valence-electron chi connectivity index (χ2n) is 3.79. The van der Waals surface area contributed by atoms with Crippen LogP contribution >= 0.6 is 0 Å². The van der Waals surface area contributed by atoms with Gasteiger partial charge < -0.3 is 10.6 Å². The molecule has 1 heterocycles. The fourth-order valence-electron chi connectivity index (χ4n) is 1.61. The Morgan fingerprint density at radius 1 is 1.26 bits per heavy atom. The molecule has 2 rings (SSSR count). The lowest BCUT2D eigenvalue weighted by Gasteiger charge is -2.08. The minimum absolute atomic E-state index is 0.248. The van der Waals surface area contributed by atoms with Gasteiger partial charge in [-0.2, -0.15) is 5.26 Å². The van der Waals surface area contributed by atoms with Crippen LogP contribution in [0.25, 0.3) is 0 Å². The summed E-state index contributed by atoms with van der Waals surface area (Å²) >= 11 is 0. The van der Waals surface area contributed by atoms with Gasteiger partial charge in [0.1, 0.15) is 5.82 Å². The zero-order chi connectivity index (χ0) is 13.7. The topological polar surface area (TPSA) is 77.8 Å². The maximum Gasteiger partial charge on any atom is 0.259 e. The number of carbonyl (C=O) groups excluding carboxylic acids is 1. The number of hydrogen-bond donors (Lipinski definition) is 2. The van der Waals surface area contributed by atoms with Gasteiger partial charge in [-0.05, 0) is 36.4 Å². The van der Waals surface area contributed by atoms with Crippen LogP contribution in [-0.2, 0) is 0 Å². The van der Waals surface area contributed by atoms with Gasteiger partial charge in [0, 0.05) is 18.9 Å². The number of nitrogens with zero attached hydrogens (tertiary/aromatic N) is 2. The van der Waals surface area contributed by atoms with Crippen molar-refractivity contribution in [2.24, 2.45) is 0 Å². The molecule has 2 aromatic rings. The van der Waals surface area contributed by atoms with Crippen molar-refractivity contribution < 1.29 is 4.79 Å². The zero-order valence-electron chi connectivity index (χ0n) is 10.3. The number of nitrogens with one attached hydrogen (secondary N) is 2. The highest BCUT2D eigenvalue weighted by Crippen LogP contribution is 2.14. The summed E-state index contributed by atoms with van der Waals surface area (Å²) in [5, 5.41) is 14.3. The van der Waals surface area contributed by atoms with Crippen LogP contribution in [0.3, 0.4) is 0 Å². The molecular weight excluding hydrogens is 240 g/mol. The second kappa shape index (κ2) is 5.65. The van der Waals surface area contributed by atoms with E-state index in [9.17, 15) is 4.79 Å². The molecule has 0 bridgehead atoms. The lowest BCUT2D eigenvalue weighted by atomic mass is 10.2. The number of rotatable bonds is 3. The molecule has 0 radical (unpaired) electrons. The Morgan fingerprint density at radius 2 is 2.00 bits per heavy atom. The SMILES string of the molecule is CNc1ncccc1C(=O)Nc1ccc(C#N)cc1. The first-order valence-electron chi connectivity index (χ1n) is 5.69. The van der Waals surface area contributed by atoms with Gasteiger partial charge in [-0.1, -0.05) is 0 Å². The fraction of sp³-hybridized carbons (Fsp3) is 0.0714. The van der Waals surface area contributed by atoms with Crippen molar-refractivity contribution in [2.45, 2.75) is 0 Å². The molecule has 5 heteroatoms. The molecule has 0 unspecified atom stereocenters. The zero-order valence-corrected chi connectivity index (χ0v) is 10.3. The Bertz CT molecular complexity index is 629. The van der Waals surface area contributed by atoms with Crippen molar-refractivity contribution >= 4 is 17.4 Å². The number of pyridine rings is 1. The van der Waals surface area contributed by atoms with Crippen molar-refractivity contribution in [1.29, 1.82) is 5.26 Å². The summed E-state index contributed by atoms with van der Waals surface area (Å²) < 4.78 is 0. The van der Waals surface area contributed by atoms with E-state index < -0.39 is 0 Å². The third kappa shape index (κ3) is 2.87. The average molecular weight is 252 g/mol. The molecule has 0 saturated heterocycles. The molecule has 0 aliphatic heterocycles. The Labute approximate surface area is 110 Å². The first-order chi connectivity index (χ1) is 9.24. The smallest absolute Gasteiger partial charge is 0.259 e. The summed E-state index contributed by atoms with van der Waals surface area (Å²) in [7, 11) is 1.71. The summed E-state index contributed by atoms with van der Waals surface area (Å²) in [6.45, 7) is 0. The van der Waals surface area contributed by atoms with E-state index >= 15 is 0 Å². The number of nitriles is 1. The van der Waals surface area contributed by atoms with E-state index in [1.54, 1.807) is 49.6 Å². The largest absolute Gasteiger partial charge is 0.372 e. The van der Waals surface area contributed by atoms with Crippen LogP contribution in [0.4, 0.5) is 11.5 Å². The third-order valence-corrected chi connectivity index (χ3v) is 2.56. The maximum atomic E-state index is 12.1. The van der Waals surface area contributed by atoms with Gasteiger partial charge in [0.15, 0.2) is 0 Å². The molecule has 2 N–H and O–H groups in total. The molecule has 94 valence electrons. The highest BCUT2D eigenvalue weighted by Gasteiger charge is 2.11. The van der Waals surface area contributed by atoms with Gasteiger partial charge in [-0.3, -0.25) is 4.79 Å². The van der Waals surface area contributed by atoms with Crippen molar-refractivity contribution in [1.82, 2.24) is 4.98 Å². The van der Waals surface area contributed by atoms with Gasteiger partial charge in [-0.15, -0.1) is 0 Å². The number of carbonyl (C=O) groups is 1. The standard InChI is InChI=1S/C14H12N4O/c1-16-13-12(3-2-8-17-13)14(19)18-11-6-4-10(9-15)5-7-11/h2-8H,1H3,(H,16,17)(H,18,19). The minimum atomic E-state index is -0.248. The van der Waals surface area contributed by atoms with E-state index in [4.69, 9.17) is 5.26 Å². The highest BCUT2D eigenvalue weighted by atomic mass is 16.1. The van der Waals surface area contributed by atoms with Crippen LogP contribution in [-0.4, -0.2) is 17.9 Å². The molecular formula is C14H12N4O. The molecule has 0 saturated carbocycles. The van der Waals surface area contributed by atoms with E-state index in [0.717, 1.165) is 0 Å². The molecule has 1 aromatic carbocycles. The first-order valence-corrected chi connectivity index (χ1v) is 5.69. The lowest BCUT2D eigenvalue weighted by molar-refractivity contribution is 0.102. The molecule has 0 aliphatic rings. The van der Waals surface area contributed by atoms with Crippen LogP contribution in [0.2, 0.25) is 0 Å². The van der Waals surface area contributed by atoms with Crippen molar-refractivity contribution in [2.75, 3.05) is 17.7 Å². The molecule has 0 spiro atoms. The first kappa shape index (κ1) is 12.6. The van der Waals surface area contributed by atoms with Gasteiger partial charge in [0.05, 0.1) is 17.2 Å². The van der Waals surface area contributed by atoms with Crippen LogP contribution in [0, 0.1) is 11.3 Å². The summed E-state index contributed by atoms with van der Waals surface area (Å²) in [5.74, 6) is 0.274. The quantitative estimate of drug-likeness (QED) is 0.878. The fourth-order valence-corrected chi connectivity index (χ4v) is 1.61. The lowest BCUT2D eigenvalue weighted by Crippen LogP contribution is -2.14. The maximum absolute atomic E-state index is 12.1. The molecule has 5 nitrogen and oxygen atoms in total. The second-order valence-corrected chi connectivity index (χ2v) is 3.79. The third-order valence-electron chi connectivity index (χ3n) is 2.56. The Morgan fingerprint density at radius 3 is 2.63 bits per heavy atom. The van der Waals surface area contributed by atoms with E-state index in [0.29, 0.717) is 22.6 Å². The predicted octanol–water partition coefficient (Wildman–Crippen LogP) is 2.25. The van der Waals surface area contributed by atoms with Crippen molar-refractivity contribution in [3.63, 3.8) is 0 Å². The van der Waals surface area contributed by atoms with E-state index in [2.05, 4.69) is 15.6 Å². The Balaban J connectivity index is 2.18. The molecule has 1 aromatic heterocycles. The summed E-state index contributed by atoms with van der Waals surface area (Å²) in [6, 6.07) is 12.1. The van der Waals surface area contributed by atoms with Gasteiger partial charge in [0.25, 0.3) is 5.91 Å². The van der Waals surface area contributed by atoms with Crippen LogP contribution in [0.1, 0.15) is 15.9 Å². The number of hydrogen-bond acceptors (Lipinski definition) is 4. The summed E-state index contributed by atoms with van der Waals surface area (Å²) in [6.07, 6.45) is 1.62. The normalized spacial score (nSPS) is 9.47. The van der Waals surface area contributed by atoms with Crippen LogP contribution < -0.4 is 10.6 Å². The van der Waals surface area contributed by atoms with E-state index in [1.807, 2.05) is 6.07 Å². The van der Waals surface area contributed by atoms with E-state index in [-0.39, 0.29) is 5.91 Å². The summed E-state index contributed by atoms with van der Waals surface area (Å²) in [4.78, 5) is 16.2. The number of benzene rings is 1. The molecule has 0 atom stereocenters. The van der Waals surface area contributed by atoms with Gasteiger partial charge in [-0.25, -0.2) is 4.98 Å². The molecule has 0 aliphatic carbocycles. The number of anilines is 2. The van der Waals surface area contributed by atoms with Gasteiger partial charge >= 0.3 is 0 Å². The van der Waals surface area contributed by atoms with Gasteiger partial charge in [0.2, 0.25) is 0 Å². The average Bonchev–Trinajstić information content (AvgIpc) is 2.48. The van der Waals surface area contributed by atoms with Crippen LogP contribution in [0.5, 0.6) is 0 Å². The molecule has 0 fully saturated rings. The van der Waals surface area contributed by atoms with Crippen molar-refractivity contribution in [3.05, 3.63) is 53.7 Å². The molecule has 1 amide bonds. The summed E-state index contributed by atoms with van der Waals surface area (Å²) in [5.41, 5.74) is 1.65. The Kier molecular flexibility index (Phi) is 3.74. The Hall–Kier alpha value is -2.87. The molecule has 19 heavy (non-hydrogen) atoms. The monoisotopic (exact) mass is 252 g/mol.